The molecule has 0 saturated carbocycles. The maximum Gasteiger partial charge on any atom is 0.203 e. The maximum atomic E-state index is 10.2. The number of benzene rings is 1. The Kier molecular flexibility index (Phi) is 3.74. The molecule has 0 bridgehead atoms. The lowest BCUT2D eigenvalue weighted by atomic mass is 9.90. The Morgan fingerprint density at radius 1 is 1.29 bits per heavy atom. The molecule has 2 rings (SSSR count). The molecule has 1 heterocycles. The quantitative estimate of drug-likeness (QED) is 0.842. The van der Waals surface area contributed by atoms with Gasteiger partial charge in [0.15, 0.2) is 11.5 Å². The smallest absolute Gasteiger partial charge is 0.203 e. The van der Waals surface area contributed by atoms with E-state index in [1.54, 1.807) is 14.2 Å². The summed E-state index contributed by atoms with van der Waals surface area (Å²) in [6, 6.07) is 3.77. The first-order valence-electron chi connectivity index (χ1n) is 5.92. The molecule has 1 aliphatic heterocycles. The Balaban J connectivity index is 2.34. The van der Waals surface area contributed by atoms with E-state index in [1.807, 2.05) is 12.1 Å². The number of phenolic OH excluding ortho intramolecular Hbond substituents is 1. The number of piperidine rings is 1. The third-order valence-electron chi connectivity index (χ3n) is 3.29. The van der Waals surface area contributed by atoms with Gasteiger partial charge in [-0.25, -0.2) is 0 Å². The predicted molar refractivity (Wildman–Crippen MR) is 66.1 cm³/mol. The minimum Gasteiger partial charge on any atom is -0.504 e. The highest BCUT2D eigenvalue weighted by atomic mass is 16.5. The summed E-state index contributed by atoms with van der Waals surface area (Å²) in [7, 11) is 3.11. The van der Waals surface area contributed by atoms with Gasteiger partial charge in [-0.05, 0) is 25.5 Å². The van der Waals surface area contributed by atoms with E-state index in [1.165, 1.54) is 0 Å². The van der Waals surface area contributed by atoms with Crippen molar-refractivity contribution in [3.63, 3.8) is 0 Å². The molecule has 0 spiro atoms. The fourth-order valence-corrected chi connectivity index (χ4v) is 2.37. The van der Waals surface area contributed by atoms with Gasteiger partial charge in [-0.15, -0.1) is 0 Å². The second kappa shape index (κ2) is 5.27. The SMILES string of the molecule is COc1ccc(C2CCCNC2)c(O)c1OC. The monoisotopic (exact) mass is 237 g/mol. The zero-order chi connectivity index (χ0) is 12.3. The molecule has 1 aliphatic rings. The molecule has 0 aromatic heterocycles. The Labute approximate surface area is 102 Å². The van der Waals surface area contributed by atoms with E-state index in [9.17, 15) is 5.11 Å². The van der Waals surface area contributed by atoms with Gasteiger partial charge in [0.2, 0.25) is 5.75 Å². The molecule has 1 saturated heterocycles. The average molecular weight is 237 g/mol. The second-order valence-electron chi connectivity index (χ2n) is 4.28. The summed E-state index contributed by atoms with van der Waals surface area (Å²) in [6.45, 7) is 1.97. The van der Waals surface area contributed by atoms with Crippen LogP contribution in [0.4, 0.5) is 0 Å². The summed E-state index contributed by atoms with van der Waals surface area (Å²) in [5, 5.41) is 13.6. The van der Waals surface area contributed by atoms with Crippen molar-refractivity contribution in [3.8, 4) is 17.2 Å². The molecule has 0 aliphatic carbocycles. The number of aromatic hydroxyl groups is 1. The van der Waals surface area contributed by atoms with Crippen LogP contribution >= 0.6 is 0 Å². The molecule has 1 unspecified atom stereocenters. The van der Waals surface area contributed by atoms with Gasteiger partial charge in [0.1, 0.15) is 0 Å². The lowest BCUT2D eigenvalue weighted by Gasteiger charge is -2.24. The molecule has 1 aromatic carbocycles. The van der Waals surface area contributed by atoms with Crippen LogP contribution in [-0.2, 0) is 0 Å². The summed E-state index contributed by atoms with van der Waals surface area (Å²) >= 11 is 0. The van der Waals surface area contributed by atoms with Crippen LogP contribution < -0.4 is 14.8 Å². The molecule has 4 nitrogen and oxygen atoms in total. The summed E-state index contributed by atoms with van der Waals surface area (Å²) in [5.74, 6) is 1.55. The van der Waals surface area contributed by atoms with Crippen LogP contribution in [0.1, 0.15) is 24.3 Å². The number of hydrogen-bond acceptors (Lipinski definition) is 4. The van der Waals surface area contributed by atoms with E-state index in [-0.39, 0.29) is 5.75 Å². The van der Waals surface area contributed by atoms with Gasteiger partial charge < -0.3 is 19.9 Å². The number of rotatable bonds is 3. The van der Waals surface area contributed by atoms with Crippen molar-refractivity contribution in [2.45, 2.75) is 18.8 Å². The predicted octanol–water partition coefficient (Wildman–Crippen LogP) is 1.88. The number of ether oxygens (including phenoxy) is 2. The van der Waals surface area contributed by atoms with Crippen molar-refractivity contribution in [3.05, 3.63) is 17.7 Å². The van der Waals surface area contributed by atoms with E-state index in [0.717, 1.165) is 31.5 Å². The zero-order valence-corrected chi connectivity index (χ0v) is 10.3. The molecule has 2 N–H and O–H groups in total. The fourth-order valence-electron chi connectivity index (χ4n) is 2.37. The van der Waals surface area contributed by atoms with E-state index in [0.29, 0.717) is 17.4 Å². The minimum absolute atomic E-state index is 0.209. The number of nitrogens with one attached hydrogen (secondary N) is 1. The molecule has 1 aromatic rings. The zero-order valence-electron chi connectivity index (χ0n) is 10.3. The van der Waals surface area contributed by atoms with Crippen molar-refractivity contribution in [2.75, 3.05) is 27.3 Å². The summed E-state index contributed by atoms with van der Waals surface area (Å²) < 4.78 is 10.4. The molecule has 94 valence electrons. The van der Waals surface area contributed by atoms with Crippen molar-refractivity contribution in [2.24, 2.45) is 0 Å². The van der Waals surface area contributed by atoms with Gasteiger partial charge in [0, 0.05) is 18.0 Å². The second-order valence-corrected chi connectivity index (χ2v) is 4.28. The van der Waals surface area contributed by atoms with Crippen LogP contribution in [0, 0.1) is 0 Å². The molecule has 1 fully saturated rings. The number of phenols is 1. The first kappa shape index (κ1) is 12.0. The van der Waals surface area contributed by atoms with Gasteiger partial charge >= 0.3 is 0 Å². The molecular weight excluding hydrogens is 218 g/mol. The van der Waals surface area contributed by atoms with E-state index >= 15 is 0 Å². The Morgan fingerprint density at radius 3 is 2.71 bits per heavy atom. The van der Waals surface area contributed by atoms with Crippen molar-refractivity contribution in [1.82, 2.24) is 5.32 Å². The standard InChI is InChI=1S/C13H19NO3/c1-16-11-6-5-10(12(15)13(11)17-2)9-4-3-7-14-8-9/h5-6,9,14-15H,3-4,7-8H2,1-2H3. The Hall–Kier alpha value is -1.42. The average Bonchev–Trinajstić information content (AvgIpc) is 2.39. The Bertz CT molecular complexity index is 386. The molecule has 1 atom stereocenters. The van der Waals surface area contributed by atoms with Crippen LogP contribution in [0.3, 0.4) is 0 Å². The van der Waals surface area contributed by atoms with Gasteiger partial charge in [-0.2, -0.15) is 0 Å². The van der Waals surface area contributed by atoms with Crippen LogP contribution in [0.5, 0.6) is 17.2 Å². The van der Waals surface area contributed by atoms with Gasteiger partial charge in [0.05, 0.1) is 14.2 Å². The van der Waals surface area contributed by atoms with Crippen LogP contribution in [0.2, 0.25) is 0 Å². The van der Waals surface area contributed by atoms with Gasteiger partial charge in [0.25, 0.3) is 0 Å². The lowest BCUT2D eigenvalue weighted by molar-refractivity contribution is 0.328. The molecule has 4 heteroatoms. The summed E-state index contributed by atoms with van der Waals surface area (Å²) in [5.41, 5.74) is 0.940. The third kappa shape index (κ3) is 2.31. The largest absolute Gasteiger partial charge is 0.504 e. The number of hydrogen-bond donors (Lipinski definition) is 2. The Morgan fingerprint density at radius 2 is 2.12 bits per heavy atom. The molecule has 0 amide bonds. The van der Waals surface area contributed by atoms with Crippen LogP contribution in [0.25, 0.3) is 0 Å². The molecular formula is C13H19NO3. The highest BCUT2D eigenvalue weighted by molar-refractivity contribution is 5.56. The van der Waals surface area contributed by atoms with E-state index in [4.69, 9.17) is 9.47 Å². The first-order chi connectivity index (χ1) is 8.27. The minimum atomic E-state index is 0.209. The summed E-state index contributed by atoms with van der Waals surface area (Å²) in [6.07, 6.45) is 2.23. The highest BCUT2D eigenvalue weighted by Crippen LogP contribution is 2.42. The lowest BCUT2D eigenvalue weighted by Crippen LogP contribution is -2.28. The highest BCUT2D eigenvalue weighted by Gasteiger charge is 2.22. The van der Waals surface area contributed by atoms with Crippen molar-refractivity contribution in [1.29, 1.82) is 0 Å². The van der Waals surface area contributed by atoms with E-state index in [2.05, 4.69) is 5.32 Å². The van der Waals surface area contributed by atoms with Gasteiger partial charge in [-0.1, -0.05) is 6.07 Å². The topological polar surface area (TPSA) is 50.7 Å². The van der Waals surface area contributed by atoms with Crippen molar-refractivity contribution < 1.29 is 14.6 Å². The molecule has 0 radical (unpaired) electrons. The number of methoxy groups -OCH3 is 2. The van der Waals surface area contributed by atoms with Crippen LogP contribution in [0.15, 0.2) is 12.1 Å². The maximum absolute atomic E-state index is 10.2. The van der Waals surface area contributed by atoms with Crippen LogP contribution in [-0.4, -0.2) is 32.4 Å². The van der Waals surface area contributed by atoms with E-state index < -0.39 is 0 Å². The third-order valence-corrected chi connectivity index (χ3v) is 3.29. The fraction of sp³-hybridized carbons (Fsp3) is 0.538. The summed E-state index contributed by atoms with van der Waals surface area (Å²) in [4.78, 5) is 0. The van der Waals surface area contributed by atoms with Crippen molar-refractivity contribution >= 4 is 0 Å². The normalized spacial score (nSPS) is 20.0. The molecule has 17 heavy (non-hydrogen) atoms. The van der Waals surface area contributed by atoms with Gasteiger partial charge in [-0.3, -0.25) is 0 Å². The first-order valence-corrected chi connectivity index (χ1v) is 5.92.